The SMILES string of the molecule is CCOc1ccc(C(CCS)NC)cc1C. The highest BCUT2D eigenvalue weighted by Crippen LogP contribution is 2.24. The van der Waals surface area contributed by atoms with E-state index in [2.05, 4.69) is 43.1 Å². The van der Waals surface area contributed by atoms with Crippen molar-refractivity contribution in [2.45, 2.75) is 26.3 Å². The number of nitrogens with one attached hydrogen (secondary N) is 1. The topological polar surface area (TPSA) is 21.3 Å². The highest BCUT2D eigenvalue weighted by Gasteiger charge is 2.09. The number of aryl methyl sites for hydroxylation is 1. The summed E-state index contributed by atoms with van der Waals surface area (Å²) in [6.07, 6.45) is 1.03. The lowest BCUT2D eigenvalue weighted by atomic mass is 10.0. The standard InChI is InChI=1S/C13H21NOS/c1-4-15-13-6-5-11(9-10(13)2)12(14-3)7-8-16/h5-6,9,12,14,16H,4,7-8H2,1-3H3. The molecule has 0 saturated carbocycles. The van der Waals surface area contributed by atoms with E-state index in [1.165, 1.54) is 11.1 Å². The monoisotopic (exact) mass is 239 g/mol. The van der Waals surface area contributed by atoms with Crippen LogP contribution in [0, 0.1) is 6.92 Å². The average molecular weight is 239 g/mol. The van der Waals surface area contributed by atoms with Crippen LogP contribution in [0.15, 0.2) is 18.2 Å². The largest absolute Gasteiger partial charge is 0.494 e. The maximum atomic E-state index is 5.53. The summed E-state index contributed by atoms with van der Waals surface area (Å²) in [5.74, 6) is 1.87. The number of benzene rings is 1. The van der Waals surface area contributed by atoms with E-state index in [1.54, 1.807) is 0 Å². The predicted octanol–water partition coefficient (Wildman–Crippen LogP) is 2.97. The molecule has 0 fully saturated rings. The van der Waals surface area contributed by atoms with Crippen LogP contribution in [0.1, 0.15) is 30.5 Å². The Hall–Kier alpha value is -0.670. The van der Waals surface area contributed by atoms with Crippen molar-refractivity contribution in [1.29, 1.82) is 0 Å². The first kappa shape index (κ1) is 13.4. The molecule has 0 heterocycles. The summed E-state index contributed by atoms with van der Waals surface area (Å²) in [7, 11) is 1.99. The van der Waals surface area contributed by atoms with Crippen molar-refractivity contribution in [1.82, 2.24) is 5.32 Å². The second-order valence-electron chi connectivity index (χ2n) is 3.81. The lowest BCUT2D eigenvalue weighted by Gasteiger charge is -2.17. The van der Waals surface area contributed by atoms with Gasteiger partial charge in [-0.05, 0) is 50.3 Å². The van der Waals surface area contributed by atoms with E-state index in [9.17, 15) is 0 Å². The lowest BCUT2D eigenvalue weighted by molar-refractivity contribution is 0.337. The molecule has 1 unspecified atom stereocenters. The molecule has 3 heteroatoms. The van der Waals surface area contributed by atoms with Crippen LogP contribution in [-0.2, 0) is 0 Å². The van der Waals surface area contributed by atoms with Crippen LogP contribution in [0.2, 0.25) is 0 Å². The molecular weight excluding hydrogens is 218 g/mol. The summed E-state index contributed by atoms with van der Waals surface area (Å²) >= 11 is 4.28. The highest BCUT2D eigenvalue weighted by atomic mass is 32.1. The van der Waals surface area contributed by atoms with Crippen molar-refractivity contribution in [2.75, 3.05) is 19.4 Å². The summed E-state index contributed by atoms with van der Waals surface area (Å²) in [5.41, 5.74) is 2.50. The molecule has 1 aromatic carbocycles. The Morgan fingerprint density at radius 1 is 1.44 bits per heavy atom. The van der Waals surface area contributed by atoms with Crippen LogP contribution in [0.4, 0.5) is 0 Å². The first-order valence-electron chi connectivity index (χ1n) is 5.74. The zero-order valence-corrected chi connectivity index (χ0v) is 11.2. The fourth-order valence-corrected chi connectivity index (χ4v) is 2.07. The Morgan fingerprint density at radius 2 is 2.19 bits per heavy atom. The van der Waals surface area contributed by atoms with Crippen LogP contribution in [0.3, 0.4) is 0 Å². The first-order chi connectivity index (χ1) is 7.72. The van der Waals surface area contributed by atoms with Crippen molar-refractivity contribution in [3.05, 3.63) is 29.3 Å². The Balaban J connectivity index is 2.85. The smallest absolute Gasteiger partial charge is 0.122 e. The Bertz CT molecular complexity index is 328. The van der Waals surface area contributed by atoms with Gasteiger partial charge in [0.2, 0.25) is 0 Å². The van der Waals surface area contributed by atoms with E-state index in [0.717, 1.165) is 17.9 Å². The zero-order chi connectivity index (χ0) is 12.0. The fraction of sp³-hybridized carbons (Fsp3) is 0.538. The van der Waals surface area contributed by atoms with E-state index >= 15 is 0 Å². The molecule has 0 saturated heterocycles. The quantitative estimate of drug-likeness (QED) is 0.745. The molecule has 0 radical (unpaired) electrons. The molecule has 0 aromatic heterocycles. The fourth-order valence-electron chi connectivity index (χ4n) is 1.81. The van der Waals surface area contributed by atoms with Crippen LogP contribution in [0.5, 0.6) is 5.75 Å². The normalized spacial score (nSPS) is 12.5. The second kappa shape index (κ2) is 6.81. The van der Waals surface area contributed by atoms with E-state index < -0.39 is 0 Å². The van der Waals surface area contributed by atoms with E-state index in [4.69, 9.17) is 4.74 Å². The Kier molecular flexibility index (Phi) is 5.71. The molecule has 90 valence electrons. The minimum absolute atomic E-state index is 0.381. The molecule has 1 N–H and O–H groups in total. The number of rotatable bonds is 6. The van der Waals surface area contributed by atoms with E-state index in [1.807, 2.05) is 14.0 Å². The molecule has 1 atom stereocenters. The van der Waals surface area contributed by atoms with Crippen LogP contribution < -0.4 is 10.1 Å². The van der Waals surface area contributed by atoms with Gasteiger partial charge in [0.1, 0.15) is 5.75 Å². The third-order valence-corrected chi connectivity index (χ3v) is 2.93. The molecule has 2 nitrogen and oxygen atoms in total. The van der Waals surface area contributed by atoms with Gasteiger partial charge in [0.25, 0.3) is 0 Å². The Labute approximate surface area is 104 Å². The number of thiol groups is 1. The summed E-state index contributed by atoms with van der Waals surface area (Å²) in [4.78, 5) is 0. The molecule has 0 aliphatic rings. The third-order valence-electron chi connectivity index (χ3n) is 2.67. The van der Waals surface area contributed by atoms with Crippen LogP contribution in [-0.4, -0.2) is 19.4 Å². The average Bonchev–Trinajstić information content (AvgIpc) is 2.29. The zero-order valence-electron chi connectivity index (χ0n) is 10.3. The van der Waals surface area contributed by atoms with Gasteiger partial charge in [-0.2, -0.15) is 12.6 Å². The minimum atomic E-state index is 0.381. The van der Waals surface area contributed by atoms with Gasteiger partial charge in [-0.1, -0.05) is 12.1 Å². The van der Waals surface area contributed by atoms with E-state index in [-0.39, 0.29) is 0 Å². The van der Waals surface area contributed by atoms with E-state index in [0.29, 0.717) is 12.6 Å². The van der Waals surface area contributed by atoms with Crippen molar-refractivity contribution < 1.29 is 4.74 Å². The van der Waals surface area contributed by atoms with Crippen molar-refractivity contribution >= 4 is 12.6 Å². The van der Waals surface area contributed by atoms with Crippen LogP contribution in [0.25, 0.3) is 0 Å². The first-order valence-corrected chi connectivity index (χ1v) is 6.37. The third kappa shape index (κ3) is 3.42. The van der Waals surface area contributed by atoms with Crippen molar-refractivity contribution in [3.63, 3.8) is 0 Å². The molecule has 0 spiro atoms. The highest BCUT2D eigenvalue weighted by molar-refractivity contribution is 7.80. The van der Waals surface area contributed by atoms with Gasteiger partial charge < -0.3 is 10.1 Å². The van der Waals surface area contributed by atoms with Gasteiger partial charge in [-0.3, -0.25) is 0 Å². The molecule has 1 rings (SSSR count). The Morgan fingerprint density at radius 3 is 2.69 bits per heavy atom. The van der Waals surface area contributed by atoms with Gasteiger partial charge >= 0.3 is 0 Å². The maximum Gasteiger partial charge on any atom is 0.122 e. The summed E-state index contributed by atoms with van der Waals surface area (Å²) < 4.78 is 5.53. The van der Waals surface area contributed by atoms with Crippen molar-refractivity contribution in [2.24, 2.45) is 0 Å². The van der Waals surface area contributed by atoms with Gasteiger partial charge in [-0.15, -0.1) is 0 Å². The maximum absolute atomic E-state index is 5.53. The molecule has 0 bridgehead atoms. The molecule has 0 aliphatic heterocycles. The number of hydrogen-bond donors (Lipinski definition) is 2. The van der Waals surface area contributed by atoms with Crippen molar-refractivity contribution in [3.8, 4) is 5.75 Å². The van der Waals surface area contributed by atoms with Gasteiger partial charge in [-0.25, -0.2) is 0 Å². The molecule has 0 amide bonds. The summed E-state index contributed by atoms with van der Waals surface area (Å²) in [6.45, 7) is 4.80. The second-order valence-corrected chi connectivity index (χ2v) is 4.26. The van der Waals surface area contributed by atoms with Gasteiger partial charge in [0, 0.05) is 6.04 Å². The lowest BCUT2D eigenvalue weighted by Crippen LogP contribution is -2.17. The minimum Gasteiger partial charge on any atom is -0.494 e. The molecule has 0 aliphatic carbocycles. The predicted molar refractivity (Wildman–Crippen MR) is 72.6 cm³/mol. The summed E-state index contributed by atoms with van der Waals surface area (Å²) in [6, 6.07) is 6.75. The number of hydrogen-bond acceptors (Lipinski definition) is 3. The number of ether oxygens (including phenoxy) is 1. The molecule has 16 heavy (non-hydrogen) atoms. The van der Waals surface area contributed by atoms with Crippen LogP contribution >= 0.6 is 12.6 Å². The van der Waals surface area contributed by atoms with Gasteiger partial charge in [0.05, 0.1) is 6.61 Å². The molecule has 1 aromatic rings. The van der Waals surface area contributed by atoms with Gasteiger partial charge in [0.15, 0.2) is 0 Å². The molecular formula is C13H21NOS. The summed E-state index contributed by atoms with van der Waals surface area (Å²) in [5, 5.41) is 3.31.